The summed E-state index contributed by atoms with van der Waals surface area (Å²) in [7, 11) is -0.200. The lowest BCUT2D eigenvalue weighted by Crippen LogP contribution is -2.79. The van der Waals surface area contributed by atoms with E-state index in [0.717, 1.165) is 6.42 Å². The van der Waals surface area contributed by atoms with E-state index in [2.05, 4.69) is 52.6 Å². The van der Waals surface area contributed by atoms with Gasteiger partial charge < -0.3 is 23.7 Å². The molecule has 6 atom stereocenters. The molecule has 0 aromatic rings. The summed E-state index contributed by atoms with van der Waals surface area (Å²) in [5.41, 5.74) is -0.526. The van der Waals surface area contributed by atoms with Crippen molar-refractivity contribution in [3.05, 3.63) is 0 Å². The van der Waals surface area contributed by atoms with E-state index in [4.69, 9.17) is 18.6 Å². The van der Waals surface area contributed by atoms with Crippen molar-refractivity contribution in [3.63, 3.8) is 0 Å². The van der Waals surface area contributed by atoms with Crippen LogP contribution in [0.5, 0.6) is 0 Å². The van der Waals surface area contributed by atoms with Gasteiger partial charge in [-0.1, -0.05) is 58.8 Å². The number of hydrogen-bond acceptors (Lipinski definition) is 5. The van der Waals surface area contributed by atoms with Crippen LogP contribution in [0.25, 0.3) is 0 Å². The Balaban J connectivity index is 1.62. The van der Waals surface area contributed by atoms with E-state index in [0.29, 0.717) is 25.6 Å². The molecule has 0 bridgehead atoms. The Kier molecular flexibility index (Phi) is 7.17. The van der Waals surface area contributed by atoms with Crippen LogP contribution in [0.3, 0.4) is 0 Å². The summed E-state index contributed by atoms with van der Waals surface area (Å²) in [4.78, 5) is 0. The van der Waals surface area contributed by atoms with E-state index in [1.165, 1.54) is 32.1 Å². The first-order valence-corrected chi connectivity index (χ1v) is 16.1. The maximum absolute atomic E-state index is 11.1. The molecule has 33 heavy (non-hydrogen) atoms. The van der Waals surface area contributed by atoms with Crippen molar-refractivity contribution in [2.75, 3.05) is 20.3 Å². The molecule has 4 rings (SSSR count). The second-order valence-corrected chi connectivity index (χ2v) is 17.1. The molecule has 1 spiro atoms. The summed E-state index contributed by atoms with van der Waals surface area (Å²) in [6.45, 7) is 14.9. The minimum Gasteiger partial charge on any atom is -0.403 e. The maximum Gasteiger partial charge on any atom is 0.201 e. The van der Waals surface area contributed by atoms with Crippen LogP contribution in [0.4, 0.5) is 0 Å². The second kappa shape index (κ2) is 9.22. The van der Waals surface area contributed by atoms with Crippen LogP contribution in [0.15, 0.2) is 0 Å². The fourth-order valence-corrected chi connectivity index (χ4v) is 7.98. The first-order chi connectivity index (χ1) is 15.5. The van der Waals surface area contributed by atoms with Crippen LogP contribution < -0.4 is 0 Å². The zero-order chi connectivity index (χ0) is 24.1. The molecule has 1 N–H and O–H groups in total. The Morgan fingerprint density at radius 1 is 1.06 bits per heavy atom. The molecule has 6 heteroatoms. The number of aliphatic hydroxyl groups excluding tert-OH is 1. The third-order valence-electron chi connectivity index (χ3n) is 9.66. The van der Waals surface area contributed by atoms with E-state index in [1.54, 1.807) is 7.11 Å². The minimum atomic E-state index is -1.96. The van der Waals surface area contributed by atoms with E-state index >= 15 is 0 Å². The van der Waals surface area contributed by atoms with Gasteiger partial charge in [0.2, 0.25) is 5.79 Å². The molecule has 1 saturated heterocycles. The Hall–Kier alpha value is -0.423. The van der Waals surface area contributed by atoms with Gasteiger partial charge in [0, 0.05) is 18.9 Å². The summed E-state index contributed by atoms with van der Waals surface area (Å²) >= 11 is 0. The van der Waals surface area contributed by atoms with E-state index < -0.39 is 25.8 Å². The number of methoxy groups -OCH3 is 1. The lowest BCUT2D eigenvalue weighted by molar-refractivity contribution is -0.412. The van der Waals surface area contributed by atoms with E-state index in [9.17, 15) is 5.11 Å². The summed E-state index contributed by atoms with van der Waals surface area (Å²) in [5.74, 6) is 7.05. The third-order valence-corrected chi connectivity index (χ3v) is 14.1. The van der Waals surface area contributed by atoms with Crippen molar-refractivity contribution in [3.8, 4) is 11.8 Å². The lowest BCUT2D eigenvalue weighted by atomic mass is 9.47. The molecule has 5 nitrogen and oxygen atoms in total. The maximum atomic E-state index is 11.1. The molecular weight excluding hydrogens is 432 g/mol. The number of rotatable bonds is 4. The van der Waals surface area contributed by atoms with Gasteiger partial charge in [-0.25, -0.2) is 0 Å². The molecule has 3 saturated carbocycles. The Morgan fingerprint density at radius 2 is 1.70 bits per heavy atom. The molecule has 4 fully saturated rings. The van der Waals surface area contributed by atoms with Gasteiger partial charge in [0.1, 0.15) is 11.7 Å². The predicted molar refractivity (Wildman–Crippen MR) is 132 cm³/mol. The molecule has 1 aliphatic heterocycles. The van der Waals surface area contributed by atoms with E-state index in [1.807, 2.05) is 0 Å². The summed E-state index contributed by atoms with van der Waals surface area (Å²) in [6.07, 6.45) is 7.11. The van der Waals surface area contributed by atoms with Crippen LogP contribution in [0, 0.1) is 35.5 Å². The van der Waals surface area contributed by atoms with Crippen molar-refractivity contribution < 1.29 is 23.7 Å². The molecule has 0 aromatic heterocycles. The molecule has 1 heterocycles. The fraction of sp³-hybridized carbons (Fsp3) is 0.926. The van der Waals surface area contributed by atoms with Gasteiger partial charge in [0.15, 0.2) is 8.32 Å². The van der Waals surface area contributed by atoms with E-state index in [-0.39, 0.29) is 28.9 Å². The topological polar surface area (TPSA) is 57.2 Å². The molecule has 1 unspecified atom stereocenters. The summed E-state index contributed by atoms with van der Waals surface area (Å²) < 4.78 is 25.4. The van der Waals surface area contributed by atoms with Gasteiger partial charge in [0.05, 0.1) is 25.2 Å². The van der Waals surface area contributed by atoms with Crippen LogP contribution in [0.2, 0.25) is 18.1 Å². The standard InChI is InChI=1S/C27H46O5Si/c1-19-24-21(22(28)15-16-26(24,29-5)27(19)30-17-18-31-27)13-14-23(20-11-9-8-10-12-20)32-33(6,7)25(2,3)4/h19-24,28H,8-12,15-18H2,1-7H3/t19?,21-,22+,23-,24+,26+/m1/s1. The van der Waals surface area contributed by atoms with Gasteiger partial charge in [-0.15, -0.1) is 0 Å². The van der Waals surface area contributed by atoms with Crippen molar-refractivity contribution in [1.82, 2.24) is 0 Å². The van der Waals surface area contributed by atoms with Crippen LogP contribution in [-0.2, 0) is 18.6 Å². The van der Waals surface area contributed by atoms with Crippen molar-refractivity contribution in [1.29, 1.82) is 0 Å². The SMILES string of the molecule is CO[C@@]12CC[C@H](O)[C@@H](C#C[C@@H](O[Si](C)(C)C(C)(C)C)C3CCCCC3)[C@@H]1C(C)C21OCCO1. The lowest BCUT2D eigenvalue weighted by Gasteiger charge is -2.67. The smallest absolute Gasteiger partial charge is 0.201 e. The predicted octanol–water partition coefficient (Wildman–Crippen LogP) is 5.13. The second-order valence-electron chi connectivity index (χ2n) is 12.4. The normalized spacial score (nSPS) is 37.7. The third kappa shape index (κ3) is 4.15. The zero-order valence-electron chi connectivity index (χ0n) is 21.9. The number of aliphatic hydroxyl groups is 1. The molecule has 0 amide bonds. The first kappa shape index (κ1) is 25.7. The highest BCUT2D eigenvalue weighted by molar-refractivity contribution is 6.74. The minimum absolute atomic E-state index is 0.0550. The molecule has 3 aliphatic carbocycles. The summed E-state index contributed by atoms with van der Waals surface area (Å²) in [5, 5.41) is 11.2. The van der Waals surface area contributed by atoms with Gasteiger partial charge in [-0.05, 0) is 49.7 Å². The largest absolute Gasteiger partial charge is 0.403 e. The average Bonchev–Trinajstić information content (AvgIpc) is 3.30. The molecule has 0 aromatic carbocycles. The Morgan fingerprint density at radius 3 is 2.27 bits per heavy atom. The monoisotopic (exact) mass is 478 g/mol. The number of fused-ring (bicyclic) bond motifs is 2. The Bertz CT molecular complexity index is 753. The van der Waals surface area contributed by atoms with Gasteiger partial charge in [0.25, 0.3) is 0 Å². The zero-order valence-corrected chi connectivity index (χ0v) is 22.9. The van der Waals surface area contributed by atoms with Gasteiger partial charge >= 0.3 is 0 Å². The molecule has 0 radical (unpaired) electrons. The molecule has 4 aliphatic rings. The number of ether oxygens (including phenoxy) is 3. The highest BCUT2D eigenvalue weighted by atomic mass is 28.4. The highest BCUT2D eigenvalue weighted by Crippen LogP contribution is 2.65. The Labute approximate surface area is 202 Å². The van der Waals surface area contributed by atoms with Crippen molar-refractivity contribution in [2.45, 2.75) is 114 Å². The first-order valence-electron chi connectivity index (χ1n) is 13.2. The highest BCUT2D eigenvalue weighted by Gasteiger charge is 2.77. The van der Waals surface area contributed by atoms with Gasteiger partial charge in [-0.3, -0.25) is 0 Å². The van der Waals surface area contributed by atoms with Crippen LogP contribution in [0.1, 0.15) is 72.6 Å². The van der Waals surface area contributed by atoms with Crippen LogP contribution >= 0.6 is 0 Å². The van der Waals surface area contributed by atoms with Crippen LogP contribution in [-0.4, -0.2) is 57.3 Å². The quantitative estimate of drug-likeness (QED) is 0.449. The van der Waals surface area contributed by atoms with Crippen molar-refractivity contribution >= 4 is 8.32 Å². The molecule has 188 valence electrons. The van der Waals surface area contributed by atoms with Gasteiger partial charge in [-0.2, -0.15) is 0 Å². The van der Waals surface area contributed by atoms with Crippen molar-refractivity contribution in [2.24, 2.45) is 23.7 Å². The fourth-order valence-electron chi connectivity index (χ4n) is 6.74. The number of hydrogen-bond donors (Lipinski definition) is 1. The summed E-state index contributed by atoms with van der Waals surface area (Å²) in [6, 6.07) is 0. The average molecular weight is 479 g/mol. The molecular formula is C27H46O5Si.